The molecule has 148 valence electrons. The highest BCUT2D eigenvalue weighted by Gasteiger charge is 2.47. The molecule has 2 fully saturated rings. The topological polar surface area (TPSA) is 86.9 Å². The Morgan fingerprint density at radius 1 is 1.21 bits per heavy atom. The van der Waals surface area contributed by atoms with Gasteiger partial charge in [0, 0.05) is 25.2 Å². The van der Waals surface area contributed by atoms with Gasteiger partial charge in [-0.3, -0.25) is 9.59 Å². The molecule has 28 heavy (non-hydrogen) atoms. The molecule has 7 nitrogen and oxygen atoms in total. The van der Waals surface area contributed by atoms with Crippen molar-refractivity contribution in [3.63, 3.8) is 0 Å². The van der Waals surface area contributed by atoms with Crippen molar-refractivity contribution in [3.8, 4) is 0 Å². The Kier molecular flexibility index (Phi) is 4.93. The number of likely N-dealkylation sites (tertiary alicyclic amines) is 2. The lowest BCUT2D eigenvalue weighted by molar-refractivity contribution is 0.0536. The molecule has 2 aliphatic heterocycles. The molecule has 0 saturated carbocycles. The standard InChI is InChI=1S/C21H25N3O4/c1-15-18(28-14-22-15)20(27)23-9-7-21(8-10-23)11-17(12-25)24(13-21)19(26)16-5-3-2-4-6-16/h2-6,14,17,25H,7-13H2,1H3. The summed E-state index contributed by atoms with van der Waals surface area (Å²) in [6.07, 6.45) is 3.68. The van der Waals surface area contributed by atoms with Gasteiger partial charge < -0.3 is 19.3 Å². The van der Waals surface area contributed by atoms with Gasteiger partial charge >= 0.3 is 0 Å². The van der Waals surface area contributed by atoms with Crippen LogP contribution >= 0.6 is 0 Å². The highest BCUT2D eigenvalue weighted by atomic mass is 16.3. The van der Waals surface area contributed by atoms with E-state index in [1.54, 1.807) is 11.8 Å². The summed E-state index contributed by atoms with van der Waals surface area (Å²) < 4.78 is 5.24. The van der Waals surface area contributed by atoms with E-state index in [0.29, 0.717) is 36.7 Å². The number of amides is 2. The second-order valence-corrected chi connectivity index (χ2v) is 7.90. The average molecular weight is 383 g/mol. The summed E-state index contributed by atoms with van der Waals surface area (Å²) in [6.45, 7) is 3.57. The number of hydrogen-bond acceptors (Lipinski definition) is 5. The minimum atomic E-state index is -0.175. The van der Waals surface area contributed by atoms with E-state index in [4.69, 9.17) is 4.42 Å². The van der Waals surface area contributed by atoms with Gasteiger partial charge in [-0.1, -0.05) is 18.2 Å². The molecule has 2 amide bonds. The summed E-state index contributed by atoms with van der Waals surface area (Å²) in [5.41, 5.74) is 1.20. The van der Waals surface area contributed by atoms with Gasteiger partial charge in [-0.05, 0) is 43.7 Å². The largest absolute Gasteiger partial charge is 0.438 e. The summed E-state index contributed by atoms with van der Waals surface area (Å²) >= 11 is 0. The Morgan fingerprint density at radius 3 is 2.54 bits per heavy atom. The van der Waals surface area contributed by atoms with Crippen LogP contribution in [-0.2, 0) is 0 Å². The maximum Gasteiger partial charge on any atom is 0.291 e. The highest BCUT2D eigenvalue weighted by Crippen LogP contribution is 2.44. The lowest BCUT2D eigenvalue weighted by Gasteiger charge is -2.39. The number of carbonyl (C=O) groups is 2. The van der Waals surface area contributed by atoms with Crippen LogP contribution in [0.15, 0.2) is 41.1 Å². The van der Waals surface area contributed by atoms with Crippen molar-refractivity contribution in [3.05, 3.63) is 53.7 Å². The van der Waals surface area contributed by atoms with Crippen LogP contribution < -0.4 is 0 Å². The normalized spacial score (nSPS) is 21.3. The molecule has 1 spiro atoms. The van der Waals surface area contributed by atoms with Crippen molar-refractivity contribution >= 4 is 11.8 Å². The van der Waals surface area contributed by atoms with Crippen LogP contribution in [-0.4, -0.2) is 64.0 Å². The molecule has 1 aromatic carbocycles. The maximum absolute atomic E-state index is 12.9. The van der Waals surface area contributed by atoms with Crippen LogP contribution in [0.3, 0.4) is 0 Å². The Hall–Kier alpha value is -2.67. The van der Waals surface area contributed by atoms with E-state index >= 15 is 0 Å². The van der Waals surface area contributed by atoms with E-state index in [0.717, 1.165) is 19.3 Å². The molecule has 1 N–H and O–H groups in total. The molecule has 2 aromatic rings. The Labute approximate surface area is 164 Å². The van der Waals surface area contributed by atoms with Gasteiger partial charge in [0.25, 0.3) is 11.8 Å². The molecule has 4 rings (SSSR count). The van der Waals surface area contributed by atoms with Crippen molar-refractivity contribution in [2.75, 3.05) is 26.2 Å². The minimum Gasteiger partial charge on any atom is -0.438 e. The number of benzene rings is 1. The van der Waals surface area contributed by atoms with Crippen LogP contribution in [0.1, 0.15) is 45.9 Å². The number of hydrogen-bond donors (Lipinski definition) is 1. The van der Waals surface area contributed by atoms with E-state index in [2.05, 4.69) is 4.98 Å². The number of oxazole rings is 1. The first kappa shape index (κ1) is 18.7. The lowest BCUT2D eigenvalue weighted by atomic mass is 9.76. The summed E-state index contributed by atoms with van der Waals surface area (Å²) in [5.74, 6) is 0.141. The van der Waals surface area contributed by atoms with Crippen LogP contribution in [0, 0.1) is 12.3 Å². The number of piperidine rings is 1. The van der Waals surface area contributed by atoms with Gasteiger partial charge in [0.15, 0.2) is 6.39 Å². The van der Waals surface area contributed by atoms with Gasteiger partial charge in [0.2, 0.25) is 5.76 Å². The van der Waals surface area contributed by atoms with Gasteiger partial charge in [-0.2, -0.15) is 0 Å². The van der Waals surface area contributed by atoms with Crippen LogP contribution in [0.4, 0.5) is 0 Å². The maximum atomic E-state index is 12.9. The molecule has 1 aromatic heterocycles. The Morgan fingerprint density at radius 2 is 1.93 bits per heavy atom. The van der Waals surface area contributed by atoms with Crippen molar-refractivity contribution in [1.29, 1.82) is 0 Å². The summed E-state index contributed by atoms with van der Waals surface area (Å²) in [7, 11) is 0. The fourth-order valence-corrected chi connectivity index (χ4v) is 4.51. The molecule has 2 saturated heterocycles. The predicted molar refractivity (Wildman–Crippen MR) is 102 cm³/mol. The van der Waals surface area contributed by atoms with E-state index < -0.39 is 0 Å². The van der Waals surface area contributed by atoms with E-state index in [-0.39, 0.29) is 29.9 Å². The first-order valence-electron chi connectivity index (χ1n) is 9.69. The molecule has 1 atom stereocenters. The average Bonchev–Trinajstić information content (AvgIpc) is 3.32. The first-order chi connectivity index (χ1) is 13.5. The minimum absolute atomic E-state index is 0.0349. The monoisotopic (exact) mass is 383 g/mol. The number of nitrogens with zero attached hydrogens (tertiary/aromatic N) is 3. The molecule has 7 heteroatoms. The van der Waals surface area contributed by atoms with Crippen LogP contribution in [0.2, 0.25) is 0 Å². The number of aromatic nitrogens is 1. The third kappa shape index (κ3) is 3.30. The van der Waals surface area contributed by atoms with Gasteiger partial charge in [0.05, 0.1) is 18.3 Å². The zero-order valence-corrected chi connectivity index (χ0v) is 16.0. The molecule has 2 aliphatic rings. The third-order valence-corrected chi connectivity index (χ3v) is 6.16. The SMILES string of the molecule is Cc1ncoc1C(=O)N1CCC2(CC1)CC(CO)N(C(=O)c1ccccc1)C2. The second-order valence-electron chi connectivity index (χ2n) is 7.90. The Bertz CT molecular complexity index is 856. The van der Waals surface area contributed by atoms with Crippen molar-refractivity contribution in [1.82, 2.24) is 14.8 Å². The number of rotatable bonds is 3. The molecule has 0 radical (unpaired) electrons. The van der Waals surface area contributed by atoms with Crippen LogP contribution in [0.5, 0.6) is 0 Å². The lowest BCUT2D eigenvalue weighted by Crippen LogP contribution is -2.44. The quantitative estimate of drug-likeness (QED) is 0.877. The highest BCUT2D eigenvalue weighted by molar-refractivity contribution is 5.94. The molecule has 0 bridgehead atoms. The van der Waals surface area contributed by atoms with Crippen molar-refractivity contribution in [2.45, 2.75) is 32.2 Å². The fourth-order valence-electron chi connectivity index (χ4n) is 4.51. The van der Waals surface area contributed by atoms with Crippen molar-refractivity contribution < 1.29 is 19.1 Å². The third-order valence-electron chi connectivity index (χ3n) is 6.16. The summed E-state index contributed by atoms with van der Waals surface area (Å²) in [4.78, 5) is 33.2. The summed E-state index contributed by atoms with van der Waals surface area (Å²) in [6, 6.07) is 9.03. The van der Waals surface area contributed by atoms with Gasteiger partial charge in [0.1, 0.15) is 0 Å². The smallest absolute Gasteiger partial charge is 0.291 e. The molecule has 0 aliphatic carbocycles. The summed E-state index contributed by atoms with van der Waals surface area (Å²) in [5, 5.41) is 9.86. The number of aryl methyl sites for hydroxylation is 1. The van der Waals surface area contributed by atoms with Crippen LogP contribution in [0.25, 0.3) is 0 Å². The van der Waals surface area contributed by atoms with E-state index in [1.165, 1.54) is 6.39 Å². The number of aliphatic hydroxyl groups excluding tert-OH is 1. The first-order valence-corrected chi connectivity index (χ1v) is 9.69. The Balaban J connectivity index is 1.45. The number of carbonyl (C=O) groups excluding carboxylic acids is 2. The number of aliphatic hydroxyl groups is 1. The zero-order valence-electron chi connectivity index (χ0n) is 16.0. The van der Waals surface area contributed by atoms with E-state index in [1.807, 2.05) is 35.2 Å². The van der Waals surface area contributed by atoms with Crippen molar-refractivity contribution in [2.24, 2.45) is 5.41 Å². The molecular formula is C21H25N3O4. The zero-order chi connectivity index (χ0) is 19.7. The molecule has 3 heterocycles. The second kappa shape index (κ2) is 7.39. The van der Waals surface area contributed by atoms with Gasteiger partial charge in [-0.25, -0.2) is 4.98 Å². The van der Waals surface area contributed by atoms with E-state index in [9.17, 15) is 14.7 Å². The van der Waals surface area contributed by atoms with Gasteiger partial charge in [-0.15, -0.1) is 0 Å². The molecule has 1 unspecified atom stereocenters. The molecular weight excluding hydrogens is 358 g/mol. The fraction of sp³-hybridized carbons (Fsp3) is 0.476. The predicted octanol–water partition coefficient (Wildman–Crippen LogP) is 2.11.